The van der Waals surface area contributed by atoms with Crippen LogP contribution in [0.25, 0.3) is 0 Å². The van der Waals surface area contributed by atoms with Crippen LogP contribution in [0.4, 0.5) is 21.5 Å². The van der Waals surface area contributed by atoms with Crippen LogP contribution in [0, 0.1) is 5.82 Å². The quantitative estimate of drug-likeness (QED) is 0.481. The minimum absolute atomic E-state index is 0.0917. The van der Waals surface area contributed by atoms with Crippen LogP contribution in [-0.4, -0.2) is 35.5 Å². The Morgan fingerprint density at radius 2 is 1.25 bits per heavy atom. The number of nitrogens with zero attached hydrogens (tertiary/aromatic N) is 3. The first-order valence-electron chi connectivity index (χ1n) is 10.5. The molecule has 2 aliphatic heterocycles. The zero-order valence-electron chi connectivity index (χ0n) is 17.3. The van der Waals surface area contributed by atoms with Crippen LogP contribution in [0.5, 0.6) is 0 Å². The summed E-state index contributed by atoms with van der Waals surface area (Å²) < 4.78 is 17.2. The molecule has 0 aliphatic carbocycles. The van der Waals surface area contributed by atoms with Crippen molar-refractivity contribution in [1.82, 2.24) is 0 Å². The van der Waals surface area contributed by atoms with E-state index in [1.807, 2.05) is 70.0 Å². The third-order valence-electron chi connectivity index (χ3n) is 6.18. The monoisotopic (exact) mass is 451 g/mol. The molecule has 1 atom stereocenters. The van der Waals surface area contributed by atoms with E-state index >= 15 is 0 Å². The summed E-state index contributed by atoms with van der Waals surface area (Å²) in [6.07, 6.45) is -0.0917. The summed E-state index contributed by atoms with van der Waals surface area (Å²) in [5, 5.41) is 0. The number of para-hydroxylation sites is 2. The van der Waals surface area contributed by atoms with Crippen LogP contribution in [0.3, 0.4) is 0 Å². The number of rotatable bonds is 4. The van der Waals surface area contributed by atoms with Crippen molar-refractivity contribution in [2.24, 2.45) is 0 Å². The molecule has 2 heterocycles. The van der Waals surface area contributed by atoms with Gasteiger partial charge in [-0.05, 0) is 0 Å². The molecule has 1 N–H and O–H groups in total. The summed E-state index contributed by atoms with van der Waals surface area (Å²) in [6.45, 7) is 1.08. The molecule has 0 bridgehead atoms. The third kappa shape index (κ3) is 3.25. The molecule has 32 heavy (non-hydrogen) atoms. The van der Waals surface area contributed by atoms with E-state index in [2.05, 4.69) is 0 Å². The molecule has 164 valence electrons. The Kier molecular flexibility index (Phi) is 5.16. The molecule has 8 heteroatoms. The van der Waals surface area contributed by atoms with Gasteiger partial charge in [0, 0.05) is 0 Å². The fraction of sp³-hybridized carbons (Fsp3) is 0.167. The molecular weight excluding hydrogens is 428 g/mol. The second-order valence-electron chi connectivity index (χ2n) is 7.96. The molecule has 3 aromatic rings. The Morgan fingerprint density at radius 3 is 1.75 bits per heavy atom. The Balaban J connectivity index is 1.58. The second kappa shape index (κ2) is 8.01. The molecule has 2 saturated heterocycles. The summed E-state index contributed by atoms with van der Waals surface area (Å²) in [5.74, 6) is -1.28. The van der Waals surface area contributed by atoms with Gasteiger partial charge < -0.3 is 0 Å². The first-order valence-corrected chi connectivity index (χ1v) is 12.4. The van der Waals surface area contributed by atoms with Gasteiger partial charge in [-0.25, -0.2) is 0 Å². The van der Waals surface area contributed by atoms with Gasteiger partial charge in [-0.3, -0.25) is 0 Å². The van der Waals surface area contributed by atoms with E-state index in [-0.39, 0.29) is 12.3 Å². The molecule has 1 unspecified atom stereocenters. The molecular formula is C24H23FN3O3P. The van der Waals surface area contributed by atoms with Crippen LogP contribution < -0.4 is 14.2 Å². The predicted octanol–water partition coefficient (Wildman–Crippen LogP) is 3.97. The van der Waals surface area contributed by atoms with Gasteiger partial charge in [0.25, 0.3) is 0 Å². The van der Waals surface area contributed by atoms with Gasteiger partial charge in [0.1, 0.15) is 0 Å². The van der Waals surface area contributed by atoms with E-state index < -0.39 is 25.2 Å². The fourth-order valence-electron chi connectivity index (χ4n) is 4.70. The number of carbonyl (C=O) groups is 2. The number of imide groups is 1. The third-order valence-corrected chi connectivity index (χ3v) is 10.1. The van der Waals surface area contributed by atoms with Crippen LogP contribution in [0.1, 0.15) is 6.42 Å². The van der Waals surface area contributed by atoms with Crippen molar-refractivity contribution in [3.8, 4) is 0 Å². The van der Waals surface area contributed by atoms with Crippen molar-refractivity contribution in [2.45, 2.75) is 12.1 Å². The molecule has 6 nitrogen and oxygen atoms in total. The fourth-order valence-corrected chi connectivity index (χ4v) is 8.57. The van der Waals surface area contributed by atoms with E-state index in [4.69, 9.17) is 0 Å². The van der Waals surface area contributed by atoms with Crippen molar-refractivity contribution >= 4 is 36.7 Å². The number of carbonyl (C=O) groups excluding carboxylic acids is 2. The Hall–Kier alpha value is -3.28. The van der Waals surface area contributed by atoms with Crippen molar-refractivity contribution in [1.29, 1.82) is 0 Å². The summed E-state index contributed by atoms with van der Waals surface area (Å²) in [5.41, 5.74) is 1.07. The topological polar surface area (TPSA) is 64.1 Å². The average Bonchev–Trinajstić information content (AvgIpc) is 3.32. The molecule has 0 radical (unpaired) electrons. The maximum atomic E-state index is 13.6. The van der Waals surface area contributed by atoms with Crippen molar-refractivity contribution in [3.63, 3.8) is 0 Å². The zero-order chi connectivity index (χ0) is 22.3. The van der Waals surface area contributed by atoms with Crippen molar-refractivity contribution in [3.05, 3.63) is 90.7 Å². The van der Waals surface area contributed by atoms with E-state index in [1.54, 1.807) is 0 Å². The van der Waals surface area contributed by atoms with Gasteiger partial charge in [-0.1, -0.05) is 0 Å². The summed E-state index contributed by atoms with van der Waals surface area (Å²) in [7, 11) is -3.70. The van der Waals surface area contributed by atoms with Gasteiger partial charge >= 0.3 is 186 Å². The van der Waals surface area contributed by atoms with E-state index in [0.29, 0.717) is 18.8 Å². The SMILES string of the molecule is O=C1CC([PH]2(O)N(c3ccccc3)CCN2c2ccccc2)C(=O)N1c1ccc(F)cc1. The molecule has 3 aromatic carbocycles. The number of amides is 2. The molecule has 2 fully saturated rings. The van der Waals surface area contributed by atoms with Crippen LogP contribution in [0.15, 0.2) is 84.9 Å². The average molecular weight is 451 g/mol. The van der Waals surface area contributed by atoms with Gasteiger partial charge in [0.2, 0.25) is 0 Å². The predicted molar refractivity (Wildman–Crippen MR) is 125 cm³/mol. The second-order valence-corrected chi connectivity index (χ2v) is 11.1. The summed E-state index contributed by atoms with van der Waals surface area (Å²) in [6, 6.07) is 24.3. The molecule has 0 saturated carbocycles. The van der Waals surface area contributed by atoms with Crippen LogP contribution in [0.2, 0.25) is 0 Å². The van der Waals surface area contributed by atoms with E-state index in [9.17, 15) is 18.9 Å². The Bertz CT molecular complexity index is 1100. The van der Waals surface area contributed by atoms with Crippen molar-refractivity contribution < 1.29 is 18.9 Å². The van der Waals surface area contributed by atoms with Gasteiger partial charge in [0.15, 0.2) is 0 Å². The van der Waals surface area contributed by atoms with Crippen molar-refractivity contribution in [2.75, 3.05) is 27.3 Å². The van der Waals surface area contributed by atoms with Gasteiger partial charge in [-0.15, -0.1) is 0 Å². The normalized spacial score (nSPS) is 21.3. The molecule has 0 spiro atoms. The molecule has 0 aromatic heterocycles. The molecule has 2 amide bonds. The number of anilines is 3. The number of halogens is 1. The standard InChI is InChI=1S/C24H23FN3O3P/c25-18-11-13-21(14-12-18)28-23(29)17-22(24(28)30)32(31)26(19-7-3-1-4-8-19)15-16-27(32)20-9-5-2-6-10-20/h1-14,22,31-32H,15-17H2. The number of benzene rings is 3. The van der Waals surface area contributed by atoms with Crippen LogP contribution >= 0.6 is 7.79 Å². The molecule has 5 rings (SSSR count). The zero-order valence-corrected chi connectivity index (χ0v) is 18.3. The Morgan fingerprint density at radius 1 is 0.750 bits per heavy atom. The summed E-state index contributed by atoms with van der Waals surface area (Å²) >= 11 is 0. The first-order chi connectivity index (χ1) is 15.5. The van der Waals surface area contributed by atoms with Gasteiger partial charge in [-0.2, -0.15) is 0 Å². The first kappa shape index (κ1) is 20.6. The molecule has 2 aliphatic rings. The van der Waals surface area contributed by atoms with Crippen LogP contribution in [-0.2, 0) is 9.59 Å². The minimum atomic E-state index is -3.70. The maximum absolute atomic E-state index is 13.6. The summed E-state index contributed by atoms with van der Waals surface area (Å²) in [4.78, 5) is 40.0. The van der Waals surface area contributed by atoms with E-state index in [0.717, 1.165) is 16.3 Å². The number of hydrogen-bond acceptors (Lipinski definition) is 5. The number of hydrogen-bond donors (Lipinski definition) is 1. The Labute approximate surface area is 186 Å². The van der Waals surface area contributed by atoms with E-state index in [1.165, 1.54) is 24.3 Å². The van der Waals surface area contributed by atoms with Gasteiger partial charge in [0.05, 0.1) is 0 Å².